The highest BCUT2D eigenvalue weighted by atomic mass is 16.2. The molecule has 1 aliphatic rings. The molecule has 0 aliphatic carbocycles. The van der Waals surface area contributed by atoms with Crippen LogP contribution in [0.4, 0.5) is 5.69 Å². The average molecular weight is 394 g/mol. The van der Waals surface area contributed by atoms with Gasteiger partial charge in [0.25, 0.3) is 17.7 Å². The van der Waals surface area contributed by atoms with E-state index in [0.717, 1.165) is 36.2 Å². The Morgan fingerprint density at radius 3 is 2.41 bits per heavy atom. The SMILES string of the molecule is Cc1cc(C)cc(C(=O)NCC(=O)NNC(=O)CN2CCCc3ccccc32)c1. The number of anilines is 1. The van der Waals surface area contributed by atoms with Crippen LogP contribution in [0.3, 0.4) is 0 Å². The normalized spacial score (nSPS) is 12.7. The van der Waals surface area contributed by atoms with Crippen molar-refractivity contribution in [2.75, 3.05) is 24.5 Å². The second-order valence-electron chi connectivity index (χ2n) is 7.31. The monoisotopic (exact) mass is 394 g/mol. The van der Waals surface area contributed by atoms with Gasteiger partial charge in [-0.15, -0.1) is 0 Å². The number of aryl methyl sites for hydroxylation is 3. The number of hydrogen-bond acceptors (Lipinski definition) is 4. The van der Waals surface area contributed by atoms with Gasteiger partial charge in [-0.05, 0) is 50.5 Å². The molecule has 0 bridgehead atoms. The molecule has 0 unspecified atom stereocenters. The maximum absolute atomic E-state index is 12.2. The summed E-state index contributed by atoms with van der Waals surface area (Å²) in [7, 11) is 0. The Labute approximate surface area is 170 Å². The number of hydrazine groups is 1. The summed E-state index contributed by atoms with van der Waals surface area (Å²) in [5, 5.41) is 2.56. The Kier molecular flexibility index (Phi) is 6.49. The van der Waals surface area contributed by atoms with E-state index in [1.807, 2.05) is 43.0 Å². The van der Waals surface area contributed by atoms with E-state index in [2.05, 4.69) is 22.2 Å². The van der Waals surface area contributed by atoms with Crippen molar-refractivity contribution in [3.63, 3.8) is 0 Å². The molecule has 2 aromatic rings. The minimum Gasteiger partial charge on any atom is -0.362 e. The number of rotatable bonds is 5. The summed E-state index contributed by atoms with van der Waals surface area (Å²) in [6.45, 7) is 4.55. The number of carbonyl (C=O) groups is 3. The highest BCUT2D eigenvalue weighted by Gasteiger charge is 2.19. The molecule has 3 rings (SSSR count). The van der Waals surface area contributed by atoms with Gasteiger partial charge >= 0.3 is 0 Å². The number of para-hydroxylation sites is 1. The molecule has 0 atom stereocenters. The van der Waals surface area contributed by atoms with E-state index in [1.54, 1.807) is 12.1 Å². The third-order valence-electron chi connectivity index (χ3n) is 4.78. The zero-order chi connectivity index (χ0) is 20.8. The van der Waals surface area contributed by atoms with Gasteiger partial charge in [-0.1, -0.05) is 35.4 Å². The molecule has 7 heteroatoms. The summed E-state index contributed by atoms with van der Waals surface area (Å²) in [6, 6.07) is 13.5. The Morgan fingerprint density at radius 1 is 0.966 bits per heavy atom. The van der Waals surface area contributed by atoms with E-state index in [9.17, 15) is 14.4 Å². The third kappa shape index (κ3) is 5.57. The predicted molar refractivity (Wildman–Crippen MR) is 112 cm³/mol. The molecule has 1 heterocycles. The molecular weight excluding hydrogens is 368 g/mol. The minimum absolute atomic E-state index is 0.159. The van der Waals surface area contributed by atoms with Crippen LogP contribution < -0.4 is 21.1 Å². The van der Waals surface area contributed by atoms with Crippen LogP contribution in [0, 0.1) is 13.8 Å². The van der Waals surface area contributed by atoms with Crippen molar-refractivity contribution in [1.82, 2.24) is 16.2 Å². The molecule has 0 saturated heterocycles. The fourth-order valence-electron chi connectivity index (χ4n) is 3.54. The van der Waals surface area contributed by atoms with Crippen LogP contribution in [-0.2, 0) is 16.0 Å². The quantitative estimate of drug-likeness (QED) is 0.673. The lowest BCUT2D eigenvalue weighted by atomic mass is 10.0. The van der Waals surface area contributed by atoms with Gasteiger partial charge in [-0.3, -0.25) is 25.2 Å². The van der Waals surface area contributed by atoms with Crippen molar-refractivity contribution < 1.29 is 14.4 Å². The first-order chi connectivity index (χ1) is 13.9. The van der Waals surface area contributed by atoms with Gasteiger partial charge in [0.15, 0.2) is 0 Å². The number of amides is 3. The van der Waals surface area contributed by atoms with Crippen molar-refractivity contribution in [3.8, 4) is 0 Å². The summed E-state index contributed by atoms with van der Waals surface area (Å²) in [6.07, 6.45) is 1.99. The van der Waals surface area contributed by atoms with Crippen molar-refractivity contribution in [2.24, 2.45) is 0 Å². The number of hydrogen-bond donors (Lipinski definition) is 3. The van der Waals surface area contributed by atoms with Crippen LogP contribution >= 0.6 is 0 Å². The van der Waals surface area contributed by atoms with Gasteiger partial charge < -0.3 is 10.2 Å². The molecule has 3 N–H and O–H groups in total. The molecule has 0 spiro atoms. The van der Waals surface area contributed by atoms with E-state index >= 15 is 0 Å². The number of nitrogens with zero attached hydrogens (tertiary/aromatic N) is 1. The maximum atomic E-state index is 12.2. The van der Waals surface area contributed by atoms with Gasteiger partial charge in [-0.25, -0.2) is 0 Å². The first-order valence-electron chi connectivity index (χ1n) is 9.69. The number of carbonyl (C=O) groups excluding carboxylic acids is 3. The second-order valence-corrected chi connectivity index (χ2v) is 7.31. The standard InChI is InChI=1S/C22H26N4O3/c1-15-10-16(2)12-18(11-15)22(29)23-13-20(27)24-25-21(28)14-26-9-5-7-17-6-3-4-8-19(17)26/h3-4,6,8,10-12H,5,7,9,13-14H2,1-2H3,(H,23,29)(H,24,27)(H,25,28). The van der Waals surface area contributed by atoms with Gasteiger partial charge in [0.1, 0.15) is 0 Å². The lowest BCUT2D eigenvalue weighted by Crippen LogP contribution is -2.49. The molecule has 1 aliphatic heterocycles. The molecule has 152 valence electrons. The third-order valence-corrected chi connectivity index (χ3v) is 4.78. The fourth-order valence-corrected chi connectivity index (χ4v) is 3.54. The lowest BCUT2D eigenvalue weighted by Gasteiger charge is -2.30. The molecule has 29 heavy (non-hydrogen) atoms. The summed E-state index contributed by atoms with van der Waals surface area (Å²) >= 11 is 0. The van der Waals surface area contributed by atoms with Crippen LogP contribution in [0.2, 0.25) is 0 Å². The molecular formula is C22H26N4O3. The molecule has 0 aromatic heterocycles. The van der Waals surface area contributed by atoms with Crippen LogP contribution in [0.5, 0.6) is 0 Å². The van der Waals surface area contributed by atoms with Crippen LogP contribution in [0.15, 0.2) is 42.5 Å². The number of benzene rings is 2. The van der Waals surface area contributed by atoms with Crippen LogP contribution in [-0.4, -0.2) is 37.4 Å². The molecule has 3 amide bonds. The molecule has 0 fully saturated rings. The first kappa shape index (κ1) is 20.4. The largest absolute Gasteiger partial charge is 0.362 e. The van der Waals surface area contributed by atoms with Gasteiger partial charge in [0.05, 0.1) is 13.1 Å². The molecule has 0 radical (unpaired) electrons. The van der Waals surface area contributed by atoms with Crippen LogP contribution in [0.25, 0.3) is 0 Å². The Bertz CT molecular complexity index is 906. The summed E-state index contributed by atoms with van der Waals surface area (Å²) in [4.78, 5) is 38.3. The Morgan fingerprint density at radius 2 is 1.66 bits per heavy atom. The minimum atomic E-state index is -0.491. The van der Waals surface area contributed by atoms with Gasteiger partial charge in [0.2, 0.25) is 0 Å². The van der Waals surface area contributed by atoms with Gasteiger partial charge in [-0.2, -0.15) is 0 Å². The molecule has 7 nitrogen and oxygen atoms in total. The summed E-state index contributed by atoms with van der Waals surface area (Å²) < 4.78 is 0. The van der Waals surface area contributed by atoms with E-state index in [1.165, 1.54) is 5.56 Å². The fraction of sp³-hybridized carbons (Fsp3) is 0.318. The smallest absolute Gasteiger partial charge is 0.257 e. The number of fused-ring (bicyclic) bond motifs is 1. The maximum Gasteiger partial charge on any atom is 0.257 e. The van der Waals surface area contributed by atoms with Gasteiger partial charge in [0, 0.05) is 17.8 Å². The average Bonchev–Trinajstić information content (AvgIpc) is 2.70. The zero-order valence-corrected chi connectivity index (χ0v) is 16.7. The van der Waals surface area contributed by atoms with Crippen LogP contribution in [0.1, 0.15) is 33.5 Å². The first-order valence-corrected chi connectivity index (χ1v) is 9.69. The summed E-state index contributed by atoms with van der Waals surface area (Å²) in [5.41, 5.74) is 9.50. The van der Waals surface area contributed by atoms with E-state index in [0.29, 0.717) is 5.56 Å². The summed E-state index contributed by atoms with van der Waals surface area (Å²) in [5.74, 6) is -1.13. The second kappa shape index (κ2) is 9.23. The van der Waals surface area contributed by atoms with Crippen molar-refractivity contribution in [2.45, 2.75) is 26.7 Å². The van der Waals surface area contributed by atoms with E-state index in [-0.39, 0.29) is 24.9 Å². The topological polar surface area (TPSA) is 90.5 Å². The van der Waals surface area contributed by atoms with Crippen molar-refractivity contribution in [1.29, 1.82) is 0 Å². The molecule has 2 aromatic carbocycles. The number of nitrogens with one attached hydrogen (secondary N) is 3. The van der Waals surface area contributed by atoms with E-state index in [4.69, 9.17) is 0 Å². The molecule has 0 saturated carbocycles. The zero-order valence-electron chi connectivity index (χ0n) is 16.7. The Balaban J connectivity index is 1.44. The predicted octanol–water partition coefficient (Wildman–Crippen LogP) is 1.63. The highest BCUT2D eigenvalue weighted by molar-refractivity contribution is 5.97. The lowest BCUT2D eigenvalue weighted by molar-refractivity contribution is -0.127. The Hall–Kier alpha value is -3.35. The highest BCUT2D eigenvalue weighted by Crippen LogP contribution is 2.26. The van der Waals surface area contributed by atoms with E-state index < -0.39 is 5.91 Å². The van der Waals surface area contributed by atoms with Crippen molar-refractivity contribution >= 4 is 23.4 Å². The van der Waals surface area contributed by atoms with Crippen molar-refractivity contribution in [3.05, 3.63) is 64.7 Å².